The molecule has 32 heavy (non-hydrogen) atoms. The fourth-order valence-corrected chi connectivity index (χ4v) is 3.71. The summed E-state index contributed by atoms with van der Waals surface area (Å²) in [6.07, 6.45) is 1.85. The first-order valence-electron chi connectivity index (χ1n) is 11.1. The second kappa shape index (κ2) is 9.39. The van der Waals surface area contributed by atoms with Crippen LogP contribution in [0.1, 0.15) is 75.7 Å². The van der Waals surface area contributed by atoms with Gasteiger partial charge in [0.15, 0.2) is 0 Å². The first-order valence-corrected chi connectivity index (χ1v) is 11.5. The van der Waals surface area contributed by atoms with Gasteiger partial charge in [0, 0.05) is 11.7 Å². The Hall–Kier alpha value is -1.51. The quantitative estimate of drug-likeness (QED) is 0.582. The lowest BCUT2D eigenvalue weighted by atomic mass is 9.80. The monoisotopic (exact) mass is 468 g/mol. The highest BCUT2D eigenvalue weighted by atomic mass is 35.5. The molecule has 1 aliphatic heterocycles. The average molecular weight is 469 g/mol. The lowest BCUT2D eigenvalue weighted by Gasteiger charge is -2.33. The van der Waals surface area contributed by atoms with Crippen molar-refractivity contribution in [3.05, 3.63) is 17.3 Å². The number of amides is 1. The van der Waals surface area contributed by atoms with Gasteiger partial charge in [0.1, 0.15) is 17.2 Å². The van der Waals surface area contributed by atoms with E-state index in [1.165, 1.54) is 0 Å². The van der Waals surface area contributed by atoms with Crippen LogP contribution in [0.25, 0.3) is 0 Å². The molecule has 1 aromatic heterocycles. The van der Waals surface area contributed by atoms with Crippen LogP contribution in [0.2, 0.25) is 5.02 Å². The van der Waals surface area contributed by atoms with Crippen molar-refractivity contribution in [1.29, 1.82) is 0 Å². The number of alkyl carbamates (subject to hydrolysis) is 1. The molecule has 2 heterocycles. The normalized spacial score (nSPS) is 19.6. The standard InChI is InChI=1S/C23H38BClN2O5/c1-15(2)12-23(10,27-19(28)30-20(3,4)5)14-29-18-17(25)11-16(13-26-18)24-31-21(6,7)22(8,9)32-24/h11,13,15H,12,14H2,1-10H3,(H,27,28)/t23-/m0/s1. The molecule has 0 bridgehead atoms. The molecule has 0 aromatic carbocycles. The zero-order chi connectivity index (χ0) is 24.5. The van der Waals surface area contributed by atoms with E-state index >= 15 is 0 Å². The van der Waals surface area contributed by atoms with Gasteiger partial charge in [-0.1, -0.05) is 25.4 Å². The maximum atomic E-state index is 12.4. The summed E-state index contributed by atoms with van der Waals surface area (Å²) in [5.74, 6) is 0.612. The van der Waals surface area contributed by atoms with E-state index in [-0.39, 0.29) is 12.5 Å². The summed E-state index contributed by atoms with van der Waals surface area (Å²) in [4.78, 5) is 16.8. The van der Waals surface area contributed by atoms with E-state index < -0.39 is 35.6 Å². The summed E-state index contributed by atoms with van der Waals surface area (Å²) in [7, 11) is -0.556. The molecule has 0 unspecified atom stereocenters. The van der Waals surface area contributed by atoms with Crippen molar-refractivity contribution in [2.24, 2.45) is 5.92 Å². The van der Waals surface area contributed by atoms with E-state index in [4.69, 9.17) is 30.4 Å². The predicted octanol–water partition coefficient (Wildman–Crippen LogP) is 4.74. The Kier molecular flexibility index (Phi) is 7.85. The number of hydrogen-bond donors (Lipinski definition) is 1. The van der Waals surface area contributed by atoms with Gasteiger partial charge in [0.05, 0.1) is 16.7 Å². The van der Waals surface area contributed by atoms with Crippen LogP contribution in [0.5, 0.6) is 5.88 Å². The molecule has 1 atom stereocenters. The summed E-state index contributed by atoms with van der Waals surface area (Å²) in [6, 6.07) is 1.74. The smallest absolute Gasteiger partial charge is 0.474 e. The van der Waals surface area contributed by atoms with Gasteiger partial charge in [0.25, 0.3) is 0 Å². The summed E-state index contributed by atoms with van der Waals surface area (Å²) in [5.41, 5.74) is -1.43. The lowest BCUT2D eigenvalue weighted by Crippen LogP contribution is -2.52. The molecule has 1 amide bonds. The van der Waals surface area contributed by atoms with Crippen LogP contribution < -0.4 is 15.5 Å². The number of pyridine rings is 1. The minimum Gasteiger partial charge on any atom is -0.474 e. The highest BCUT2D eigenvalue weighted by Crippen LogP contribution is 2.36. The Balaban J connectivity index is 2.11. The van der Waals surface area contributed by atoms with Gasteiger partial charge in [-0.25, -0.2) is 9.78 Å². The van der Waals surface area contributed by atoms with Crippen molar-refractivity contribution in [1.82, 2.24) is 10.3 Å². The first kappa shape index (κ1) is 26.7. The number of rotatable bonds is 7. The molecular weight excluding hydrogens is 431 g/mol. The molecule has 2 rings (SSSR count). The number of carbonyl (C=O) groups excluding carboxylic acids is 1. The van der Waals surface area contributed by atoms with Crippen molar-refractivity contribution in [2.75, 3.05) is 6.61 Å². The molecule has 0 spiro atoms. The van der Waals surface area contributed by atoms with Crippen LogP contribution in [0, 0.1) is 5.92 Å². The van der Waals surface area contributed by atoms with Gasteiger partial charge in [-0.3, -0.25) is 0 Å². The van der Waals surface area contributed by atoms with Crippen molar-refractivity contribution >= 4 is 30.3 Å². The number of hydrogen-bond acceptors (Lipinski definition) is 6. The predicted molar refractivity (Wildman–Crippen MR) is 128 cm³/mol. The van der Waals surface area contributed by atoms with E-state index in [0.717, 1.165) is 5.46 Å². The van der Waals surface area contributed by atoms with Crippen LogP contribution in [0.15, 0.2) is 12.3 Å². The molecule has 180 valence electrons. The maximum Gasteiger partial charge on any atom is 0.496 e. The lowest BCUT2D eigenvalue weighted by molar-refractivity contribution is 0.00578. The Morgan fingerprint density at radius 3 is 2.22 bits per heavy atom. The van der Waals surface area contributed by atoms with Gasteiger partial charge < -0.3 is 24.1 Å². The van der Waals surface area contributed by atoms with Gasteiger partial charge in [0.2, 0.25) is 5.88 Å². The number of carbonyl (C=O) groups is 1. The van der Waals surface area contributed by atoms with Gasteiger partial charge in [-0.05, 0) is 73.8 Å². The van der Waals surface area contributed by atoms with Crippen molar-refractivity contribution in [3.63, 3.8) is 0 Å². The third-order valence-electron chi connectivity index (χ3n) is 5.54. The first-order chi connectivity index (χ1) is 14.4. The Morgan fingerprint density at radius 2 is 1.75 bits per heavy atom. The Labute approximate surface area is 198 Å². The Morgan fingerprint density at radius 1 is 1.19 bits per heavy atom. The highest BCUT2D eigenvalue weighted by molar-refractivity contribution is 6.62. The molecule has 1 aliphatic rings. The third-order valence-corrected chi connectivity index (χ3v) is 5.81. The Bertz CT molecular complexity index is 809. The van der Waals surface area contributed by atoms with Crippen LogP contribution in [0.3, 0.4) is 0 Å². The van der Waals surface area contributed by atoms with E-state index in [0.29, 0.717) is 17.4 Å². The maximum absolute atomic E-state index is 12.4. The van der Waals surface area contributed by atoms with Gasteiger partial charge >= 0.3 is 13.2 Å². The van der Waals surface area contributed by atoms with E-state index in [2.05, 4.69) is 24.1 Å². The molecule has 9 heteroatoms. The van der Waals surface area contributed by atoms with E-state index in [9.17, 15) is 4.79 Å². The summed E-state index contributed by atoms with van der Waals surface area (Å²) in [5, 5.41) is 3.30. The van der Waals surface area contributed by atoms with E-state index in [1.807, 2.05) is 55.4 Å². The number of nitrogens with one attached hydrogen (secondary N) is 1. The summed E-state index contributed by atoms with van der Waals surface area (Å²) < 4.78 is 23.5. The largest absolute Gasteiger partial charge is 0.496 e. The fraction of sp³-hybridized carbons (Fsp3) is 0.739. The fourth-order valence-electron chi connectivity index (χ4n) is 3.48. The molecule has 1 aromatic rings. The molecule has 0 radical (unpaired) electrons. The highest BCUT2D eigenvalue weighted by Gasteiger charge is 2.52. The topological polar surface area (TPSA) is 78.9 Å². The number of nitrogens with zero attached hydrogens (tertiary/aromatic N) is 1. The summed E-state index contributed by atoms with van der Waals surface area (Å²) in [6.45, 7) is 19.7. The van der Waals surface area contributed by atoms with Crippen molar-refractivity contribution in [3.8, 4) is 5.88 Å². The molecule has 0 saturated carbocycles. The van der Waals surface area contributed by atoms with Crippen LogP contribution in [-0.4, -0.2) is 47.1 Å². The zero-order valence-corrected chi connectivity index (χ0v) is 21.8. The third kappa shape index (κ3) is 6.99. The molecule has 1 saturated heterocycles. The van der Waals surface area contributed by atoms with Crippen molar-refractivity contribution < 1.29 is 23.6 Å². The minimum absolute atomic E-state index is 0.187. The van der Waals surface area contributed by atoms with Gasteiger partial charge in [-0.15, -0.1) is 0 Å². The van der Waals surface area contributed by atoms with Crippen LogP contribution in [0.4, 0.5) is 4.79 Å². The minimum atomic E-state index is -0.661. The molecule has 0 aliphatic carbocycles. The van der Waals surface area contributed by atoms with Gasteiger partial charge in [-0.2, -0.15) is 0 Å². The zero-order valence-electron chi connectivity index (χ0n) is 21.1. The van der Waals surface area contributed by atoms with Crippen LogP contribution >= 0.6 is 11.6 Å². The number of halogens is 1. The summed E-state index contributed by atoms with van der Waals surface area (Å²) >= 11 is 6.47. The molecule has 1 fully saturated rings. The van der Waals surface area contributed by atoms with Crippen LogP contribution in [-0.2, 0) is 14.0 Å². The molecule has 1 N–H and O–H groups in total. The molecular formula is C23H38BClN2O5. The second-order valence-corrected chi connectivity index (χ2v) is 11.6. The van der Waals surface area contributed by atoms with Crippen molar-refractivity contribution in [2.45, 2.75) is 98.0 Å². The average Bonchev–Trinajstić information content (AvgIpc) is 2.78. The second-order valence-electron chi connectivity index (χ2n) is 11.2. The molecule has 7 nitrogen and oxygen atoms in total. The van der Waals surface area contributed by atoms with E-state index in [1.54, 1.807) is 12.3 Å². The number of aromatic nitrogens is 1. The number of ether oxygens (including phenoxy) is 2. The SMILES string of the molecule is CC(C)C[C@@](C)(COc1ncc(B2OC(C)(C)C(C)(C)O2)cc1Cl)NC(=O)OC(C)(C)C.